The predicted octanol–water partition coefficient (Wildman–Crippen LogP) is 2.22. The number of benzene rings is 1. The minimum absolute atomic E-state index is 0.144. The lowest BCUT2D eigenvalue weighted by atomic mass is 10.1. The van der Waals surface area contributed by atoms with Gasteiger partial charge in [-0.1, -0.05) is 35.0 Å². The quantitative estimate of drug-likeness (QED) is 0.871. The van der Waals surface area contributed by atoms with Crippen molar-refractivity contribution in [2.45, 2.75) is 19.9 Å². The summed E-state index contributed by atoms with van der Waals surface area (Å²) in [7, 11) is 0. The van der Waals surface area contributed by atoms with Crippen molar-refractivity contribution in [2.75, 3.05) is 6.54 Å². The average molecular weight is 285 g/mol. The van der Waals surface area contributed by atoms with Crippen LogP contribution in [0.4, 0.5) is 0 Å². The summed E-state index contributed by atoms with van der Waals surface area (Å²) >= 11 is 3.43. The summed E-state index contributed by atoms with van der Waals surface area (Å²) in [5.74, 6) is -0.413. The van der Waals surface area contributed by atoms with E-state index in [2.05, 4.69) is 40.3 Å². The molecule has 3 N–H and O–H groups in total. The van der Waals surface area contributed by atoms with Crippen molar-refractivity contribution in [1.29, 1.82) is 0 Å². The Labute approximate surface area is 105 Å². The number of hydrogen-bond donors (Lipinski definition) is 2. The van der Waals surface area contributed by atoms with E-state index in [1.54, 1.807) is 0 Å². The number of hydrogen-bond acceptors (Lipinski definition) is 2. The topological polar surface area (TPSA) is 55.1 Å². The summed E-state index contributed by atoms with van der Waals surface area (Å²) in [4.78, 5) is 10.9. The first kappa shape index (κ1) is 13.2. The molecule has 0 radical (unpaired) electrons. The lowest BCUT2D eigenvalue weighted by Gasteiger charge is -2.16. The minimum atomic E-state index is -0.269. The molecule has 0 spiro atoms. The van der Waals surface area contributed by atoms with Gasteiger partial charge in [0.05, 0.1) is 0 Å². The third-order valence-corrected chi connectivity index (χ3v) is 3.06. The van der Waals surface area contributed by atoms with Crippen LogP contribution < -0.4 is 11.1 Å². The molecule has 1 rings (SSSR count). The van der Waals surface area contributed by atoms with Crippen LogP contribution in [0.2, 0.25) is 0 Å². The Morgan fingerprint density at radius 3 is 2.75 bits per heavy atom. The predicted molar refractivity (Wildman–Crippen MR) is 68.9 cm³/mol. The monoisotopic (exact) mass is 284 g/mol. The molecule has 0 saturated carbocycles. The van der Waals surface area contributed by atoms with E-state index >= 15 is 0 Å². The third-order valence-electron chi connectivity index (χ3n) is 2.56. The molecule has 0 fully saturated rings. The SMILES string of the molecule is CC(CN[C@H](C)c1cccc(Br)c1)C(N)=O. The number of amides is 1. The molecule has 0 heterocycles. The summed E-state index contributed by atoms with van der Waals surface area (Å²) in [6, 6.07) is 8.31. The lowest BCUT2D eigenvalue weighted by Crippen LogP contribution is -2.32. The fourth-order valence-electron chi connectivity index (χ4n) is 1.35. The van der Waals surface area contributed by atoms with E-state index in [1.165, 1.54) is 5.56 Å². The van der Waals surface area contributed by atoms with Crippen molar-refractivity contribution in [2.24, 2.45) is 11.7 Å². The Balaban J connectivity index is 2.52. The number of rotatable bonds is 5. The zero-order chi connectivity index (χ0) is 12.1. The standard InChI is InChI=1S/C12H17BrN2O/c1-8(12(14)16)7-15-9(2)10-4-3-5-11(13)6-10/h3-6,8-9,15H,7H2,1-2H3,(H2,14,16)/t8?,9-/m1/s1. The molecular formula is C12H17BrN2O. The lowest BCUT2D eigenvalue weighted by molar-refractivity contribution is -0.121. The molecule has 4 heteroatoms. The number of nitrogens with one attached hydrogen (secondary N) is 1. The van der Waals surface area contributed by atoms with E-state index in [-0.39, 0.29) is 17.9 Å². The zero-order valence-corrected chi connectivity index (χ0v) is 11.1. The van der Waals surface area contributed by atoms with E-state index in [1.807, 2.05) is 19.1 Å². The first-order valence-electron chi connectivity index (χ1n) is 5.29. The summed E-state index contributed by atoms with van der Waals surface area (Å²) in [5.41, 5.74) is 6.38. The Morgan fingerprint density at radius 2 is 2.19 bits per heavy atom. The zero-order valence-electron chi connectivity index (χ0n) is 9.53. The molecule has 0 bridgehead atoms. The maximum atomic E-state index is 10.9. The van der Waals surface area contributed by atoms with Crippen LogP contribution in [0.25, 0.3) is 0 Å². The molecule has 1 amide bonds. The van der Waals surface area contributed by atoms with E-state index < -0.39 is 0 Å². The van der Waals surface area contributed by atoms with Crippen LogP contribution in [0, 0.1) is 5.92 Å². The van der Waals surface area contributed by atoms with E-state index in [9.17, 15) is 4.79 Å². The molecule has 1 aromatic carbocycles. The minimum Gasteiger partial charge on any atom is -0.369 e. The maximum absolute atomic E-state index is 10.9. The van der Waals surface area contributed by atoms with Crippen LogP contribution in [0.5, 0.6) is 0 Å². The second-order valence-electron chi connectivity index (χ2n) is 3.99. The smallest absolute Gasteiger partial charge is 0.221 e. The molecule has 16 heavy (non-hydrogen) atoms. The van der Waals surface area contributed by atoms with E-state index in [0.29, 0.717) is 6.54 Å². The van der Waals surface area contributed by atoms with Crippen LogP contribution >= 0.6 is 15.9 Å². The van der Waals surface area contributed by atoms with Crippen LogP contribution in [0.3, 0.4) is 0 Å². The van der Waals surface area contributed by atoms with Gasteiger partial charge in [0.1, 0.15) is 0 Å². The summed E-state index contributed by atoms with van der Waals surface area (Å²) in [5, 5.41) is 3.29. The number of nitrogens with two attached hydrogens (primary N) is 1. The van der Waals surface area contributed by atoms with Gasteiger partial charge >= 0.3 is 0 Å². The third kappa shape index (κ3) is 3.94. The van der Waals surface area contributed by atoms with E-state index in [4.69, 9.17) is 5.73 Å². The molecule has 0 aliphatic rings. The molecule has 3 nitrogen and oxygen atoms in total. The molecule has 0 aliphatic heterocycles. The highest BCUT2D eigenvalue weighted by Gasteiger charge is 2.11. The van der Waals surface area contributed by atoms with Crippen molar-refractivity contribution in [1.82, 2.24) is 5.32 Å². The van der Waals surface area contributed by atoms with Crippen molar-refractivity contribution in [3.63, 3.8) is 0 Å². The van der Waals surface area contributed by atoms with Crippen LogP contribution in [0.15, 0.2) is 28.7 Å². The van der Waals surface area contributed by atoms with Crippen molar-refractivity contribution < 1.29 is 4.79 Å². The highest BCUT2D eigenvalue weighted by Crippen LogP contribution is 2.17. The Bertz CT molecular complexity index is 368. The van der Waals surface area contributed by atoms with Crippen LogP contribution in [-0.4, -0.2) is 12.5 Å². The van der Waals surface area contributed by atoms with E-state index in [0.717, 1.165) is 4.47 Å². The van der Waals surface area contributed by atoms with Crippen molar-refractivity contribution in [3.8, 4) is 0 Å². The van der Waals surface area contributed by atoms with Gasteiger partial charge in [0.2, 0.25) is 5.91 Å². The molecule has 0 aromatic heterocycles. The fourth-order valence-corrected chi connectivity index (χ4v) is 1.76. The largest absolute Gasteiger partial charge is 0.369 e. The highest BCUT2D eigenvalue weighted by molar-refractivity contribution is 9.10. The summed E-state index contributed by atoms with van der Waals surface area (Å²) in [6.45, 7) is 4.49. The van der Waals surface area contributed by atoms with Gasteiger partial charge in [-0.25, -0.2) is 0 Å². The van der Waals surface area contributed by atoms with Gasteiger partial charge in [-0.2, -0.15) is 0 Å². The fraction of sp³-hybridized carbons (Fsp3) is 0.417. The second kappa shape index (κ2) is 6.01. The van der Waals surface area contributed by atoms with Gasteiger partial charge in [-0.05, 0) is 24.6 Å². The van der Waals surface area contributed by atoms with Gasteiger partial charge in [0, 0.05) is 23.0 Å². The van der Waals surface area contributed by atoms with Crippen molar-refractivity contribution >= 4 is 21.8 Å². The number of halogens is 1. The number of carbonyl (C=O) groups is 1. The molecule has 0 saturated heterocycles. The second-order valence-corrected chi connectivity index (χ2v) is 4.90. The average Bonchev–Trinajstić information content (AvgIpc) is 2.25. The molecule has 0 aliphatic carbocycles. The van der Waals surface area contributed by atoms with Gasteiger partial charge in [-0.3, -0.25) is 4.79 Å². The Hall–Kier alpha value is -0.870. The number of carbonyl (C=O) groups excluding carboxylic acids is 1. The maximum Gasteiger partial charge on any atom is 0.221 e. The first-order valence-corrected chi connectivity index (χ1v) is 6.08. The van der Waals surface area contributed by atoms with Crippen LogP contribution in [0.1, 0.15) is 25.5 Å². The van der Waals surface area contributed by atoms with Gasteiger partial charge in [0.25, 0.3) is 0 Å². The van der Waals surface area contributed by atoms with Gasteiger partial charge in [-0.15, -0.1) is 0 Å². The van der Waals surface area contributed by atoms with Gasteiger partial charge in [0.15, 0.2) is 0 Å². The molecule has 88 valence electrons. The molecule has 2 atom stereocenters. The highest BCUT2D eigenvalue weighted by atomic mass is 79.9. The molecule has 1 aromatic rings. The molecular weight excluding hydrogens is 268 g/mol. The molecule has 1 unspecified atom stereocenters. The summed E-state index contributed by atoms with van der Waals surface area (Å²) in [6.07, 6.45) is 0. The first-order chi connectivity index (χ1) is 7.50. The van der Waals surface area contributed by atoms with Crippen LogP contribution in [-0.2, 0) is 4.79 Å². The van der Waals surface area contributed by atoms with Gasteiger partial charge < -0.3 is 11.1 Å². The van der Waals surface area contributed by atoms with Crippen molar-refractivity contribution in [3.05, 3.63) is 34.3 Å². The number of primary amides is 1. The Kier molecular flexibility index (Phi) is 4.96. The summed E-state index contributed by atoms with van der Waals surface area (Å²) < 4.78 is 1.06. The normalized spacial score (nSPS) is 14.4. The Morgan fingerprint density at radius 1 is 1.50 bits per heavy atom.